The molecule has 21 heavy (non-hydrogen) atoms. The van der Waals surface area contributed by atoms with Crippen molar-refractivity contribution in [1.29, 1.82) is 0 Å². The van der Waals surface area contributed by atoms with E-state index in [2.05, 4.69) is 34.4 Å². The quantitative estimate of drug-likeness (QED) is 0.577. The summed E-state index contributed by atoms with van der Waals surface area (Å²) in [5.74, 6) is 1.87. The molecule has 0 radical (unpaired) electrons. The molecule has 1 aliphatic carbocycles. The van der Waals surface area contributed by atoms with E-state index in [-0.39, 0.29) is 0 Å². The van der Waals surface area contributed by atoms with Crippen molar-refractivity contribution in [3.63, 3.8) is 0 Å². The van der Waals surface area contributed by atoms with Crippen molar-refractivity contribution in [1.82, 2.24) is 9.97 Å². The van der Waals surface area contributed by atoms with Crippen LogP contribution in [0.15, 0.2) is 11.2 Å². The second-order valence-corrected chi connectivity index (χ2v) is 7.05. The van der Waals surface area contributed by atoms with Crippen LogP contribution in [0.3, 0.4) is 0 Å². The average Bonchev–Trinajstić information content (AvgIpc) is 2.51. The molecule has 0 amide bonds. The number of nitrogens with one attached hydrogen (secondary N) is 2. The Bertz CT molecular complexity index is 444. The van der Waals surface area contributed by atoms with Crippen molar-refractivity contribution >= 4 is 23.4 Å². The second kappa shape index (κ2) is 7.87. The van der Waals surface area contributed by atoms with Gasteiger partial charge in [0, 0.05) is 19.2 Å². The summed E-state index contributed by atoms with van der Waals surface area (Å²) < 4.78 is 0. The van der Waals surface area contributed by atoms with Crippen molar-refractivity contribution in [2.24, 2.45) is 5.41 Å². The molecule has 1 fully saturated rings. The summed E-state index contributed by atoms with van der Waals surface area (Å²) in [6.45, 7) is 6.51. The van der Waals surface area contributed by atoms with Gasteiger partial charge in [0.15, 0.2) is 5.16 Å². The SMILES string of the molecule is CCCNc1cc(NCC2(C)CCCCC2)nc(SC)n1. The fraction of sp³-hybridized carbons (Fsp3) is 0.750. The molecule has 2 N–H and O–H groups in total. The van der Waals surface area contributed by atoms with Crippen LogP contribution in [-0.4, -0.2) is 29.3 Å². The van der Waals surface area contributed by atoms with Crippen LogP contribution in [0.25, 0.3) is 0 Å². The smallest absolute Gasteiger partial charge is 0.191 e. The van der Waals surface area contributed by atoms with E-state index >= 15 is 0 Å². The lowest BCUT2D eigenvalue weighted by Gasteiger charge is -2.33. The molecule has 0 aromatic carbocycles. The molecule has 5 heteroatoms. The van der Waals surface area contributed by atoms with Crippen molar-refractivity contribution < 1.29 is 0 Å². The van der Waals surface area contributed by atoms with Gasteiger partial charge in [0.2, 0.25) is 0 Å². The first kappa shape index (κ1) is 16.4. The fourth-order valence-corrected chi connectivity index (χ4v) is 3.22. The Morgan fingerprint density at radius 1 is 1.14 bits per heavy atom. The van der Waals surface area contributed by atoms with Crippen LogP contribution < -0.4 is 10.6 Å². The molecule has 0 unspecified atom stereocenters. The lowest BCUT2D eigenvalue weighted by Crippen LogP contribution is -2.29. The van der Waals surface area contributed by atoms with Crippen LogP contribution in [0.1, 0.15) is 52.4 Å². The molecule has 4 nitrogen and oxygen atoms in total. The molecule has 1 aliphatic rings. The standard InChI is InChI=1S/C16H28N4S/c1-4-10-17-13-11-14(20-15(19-13)21-3)18-12-16(2)8-6-5-7-9-16/h11H,4-10,12H2,1-3H3,(H2,17,18,19,20). The van der Waals surface area contributed by atoms with Gasteiger partial charge in [-0.05, 0) is 30.9 Å². The Kier molecular flexibility index (Phi) is 6.15. The van der Waals surface area contributed by atoms with Crippen LogP contribution in [0, 0.1) is 5.41 Å². The molecule has 118 valence electrons. The van der Waals surface area contributed by atoms with Crippen LogP contribution >= 0.6 is 11.8 Å². The Morgan fingerprint density at radius 3 is 2.43 bits per heavy atom. The van der Waals surface area contributed by atoms with Crippen molar-refractivity contribution in [3.05, 3.63) is 6.07 Å². The first-order chi connectivity index (χ1) is 10.1. The van der Waals surface area contributed by atoms with Gasteiger partial charge in [-0.15, -0.1) is 0 Å². The molecule has 0 spiro atoms. The Morgan fingerprint density at radius 2 is 1.81 bits per heavy atom. The summed E-state index contributed by atoms with van der Waals surface area (Å²) in [6.07, 6.45) is 9.88. The number of hydrogen-bond donors (Lipinski definition) is 2. The fourth-order valence-electron chi connectivity index (χ4n) is 2.84. The topological polar surface area (TPSA) is 49.8 Å². The maximum absolute atomic E-state index is 4.58. The second-order valence-electron chi connectivity index (χ2n) is 6.28. The molecule has 2 rings (SSSR count). The number of rotatable bonds is 7. The lowest BCUT2D eigenvalue weighted by molar-refractivity contribution is 0.233. The van der Waals surface area contributed by atoms with E-state index in [4.69, 9.17) is 0 Å². The summed E-state index contributed by atoms with van der Waals surface area (Å²) >= 11 is 1.59. The maximum Gasteiger partial charge on any atom is 0.191 e. The van der Waals surface area contributed by atoms with Gasteiger partial charge in [0.1, 0.15) is 11.6 Å². The zero-order chi connectivity index (χ0) is 15.1. The van der Waals surface area contributed by atoms with E-state index < -0.39 is 0 Å². The summed E-state index contributed by atoms with van der Waals surface area (Å²) in [6, 6.07) is 2.03. The summed E-state index contributed by atoms with van der Waals surface area (Å²) in [4.78, 5) is 9.08. The first-order valence-corrected chi connectivity index (χ1v) is 9.28. The highest BCUT2D eigenvalue weighted by Gasteiger charge is 2.26. The van der Waals surface area contributed by atoms with Crippen molar-refractivity contribution in [2.75, 3.05) is 30.0 Å². The summed E-state index contributed by atoms with van der Waals surface area (Å²) in [7, 11) is 0. The van der Waals surface area contributed by atoms with Gasteiger partial charge in [0.25, 0.3) is 0 Å². The number of aromatic nitrogens is 2. The minimum atomic E-state index is 0.416. The third-order valence-corrected chi connectivity index (χ3v) is 4.75. The summed E-state index contributed by atoms with van der Waals surface area (Å²) in [5.41, 5.74) is 0.416. The van der Waals surface area contributed by atoms with Gasteiger partial charge in [-0.25, -0.2) is 9.97 Å². The molecular formula is C16H28N4S. The monoisotopic (exact) mass is 308 g/mol. The van der Waals surface area contributed by atoms with Gasteiger partial charge in [-0.2, -0.15) is 0 Å². The average molecular weight is 308 g/mol. The minimum Gasteiger partial charge on any atom is -0.370 e. The third-order valence-electron chi connectivity index (χ3n) is 4.20. The molecule has 0 saturated heterocycles. The highest BCUT2D eigenvalue weighted by Crippen LogP contribution is 2.35. The number of thioether (sulfide) groups is 1. The molecular weight excluding hydrogens is 280 g/mol. The largest absolute Gasteiger partial charge is 0.370 e. The van der Waals surface area contributed by atoms with Gasteiger partial charge >= 0.3 is 0 Å². The zero-order valence-electron chi connectivity index (χ0n) is 13.5. The highest BCUT2D eigenvalue weighted by molar-refractivity contribution is 7.98. The van der Waals surface area contributed by atoms with Crippen LogP contribution in [-0.2, 0) is 0 Å². The normalized spacial score (nSPS) is 17.5. The Labute approximate surface area is 132 Å². The number of anilines is 2. The van der Waals surface area contributed by atoms with Gasteiger partial charge in [-0.1, -0.05) is 44.9 Å². The first-order valence-electron chi connectivity index (χ1n) is 8.06. The zero-order valence-corrected chi connectivity index (χ0v) is 14.4. The molecule has 0 bridgehead atoms. The maximum atomic E-state index is 4.58. The number of nitrogens with zero attached hydrogens (tertiary/aromatic N) is 2. The van der Waals surface area contributed by atoms with Gasteiger partial charge in [0.05, 0.1) is 0 Å². The van der Waals surface area contributed by atoms with E-state index in [9.17, 15) is 0 Å². The molecule has 1 aromatic rings. The molecule has 0 atom stereocenters. The van der Waals surface area contributed by atoms with Crippen LogP contribution in [0.4, 0.5) is 11.6 Å². The van der Waals surface area contributed by atoms with Crippen LogP contribution in [0.2, 0.25) is 0 Å². The Hall–Kier alpha value is -0.970. The van der Waals surface area contributed by atoms with E-state index in [1.807, 2.05) is 12.3 Å². The van der Waals surface area contributed by atoms with E-state index in [0.29, 0.717) is 5.41 Å². The highest BCUT2D eigenvalue weighted by atomic mass is 32.2. The van der Waals surface area contributed by atoms with Crippen molar-refractivity contribution in [2.45, 2.75) is 57.5 Å². The van der Waals surface area contributed by atoms with Crippen LogP contribution in [0.5, 0.6) is 0 Å². The summed E-state index contributed by atoms with van der Waals surface area (Å²) in [5, 5.41) is 7.72. The predicted molar refractivity (Wildman–Crippen MR) is 92.3 cm³/mol. The molecule has 0 aliphatic heterocycles. The molecule has 1 aromatic heterocycles. The molecule has 1 saturated carbocycles. The Balaban J connectivity index is 2.00. The van der Waals surface area contributed by atoms with Gasteiger partial charge < -0.3 is 10.6 Å². The van der Waals surface area contributed by atoms with Crippen molar-refractivity contribution in [3.8, 4) is 0 Å². The van der Waals surface area contributed by atoms with E-state index in [0.717, 1.165) is 36.3 Å². The van der Waals surface area contributed by atoms with Gasteiger partial charge in [-0.3, -0.25) is 0 Å². The predicted octanol–water partition coefficient (Wildman–Crippen LogP) is 4.40. The van der Waals surface area contributed by atoms with E-state index in [1.165, 1.54) is 32.1 Å². The number of hydrogen-bond acceptors (Lipinski definition) is 5. The van der Waals surface area contributed by atoms with E-state index in [1.54, 1.807) is 11.8 Å². The third kappa shape index (κ3) is 5.06. The molecule has 1 heterocycles. The minimum absolute atomic E-state index is 0.416. The lowest BCUT2D eigenvalue weighted by atomic mass is 9.76.